The van der Waals surface area contributed by atoms with E-state index in [0.717, 1.165) is 23.2 Å². The van der Waals surface area contributed by atoms with Gasteiger partial charge in [0, 0.05) is 19.3 Å². The van der Waals surface area contributed by atoms with Crippen LogP contribution in [0.3, 0.4) is 0 Å². The Morgan fingerprint density at radius 1 is 1.40 bits per heavy atom. The minimum absolute atomic E-state index is 0.0104. The lowest BCUT2D eigenvalue weighted by atomic mass is 9.85. The number of nitrogens with one attached hydrogen (secondary N) is 1. The van der Waals surface area contributed by atoms with Crippen molar-refractivity contribution in [3.8, 4) is 0 Å². The Morgan fingerprint density at radius 3 is 2.75 bits per heavy atom. The van der Waals surface area contributed by atoms with Gasteiger partial charge in [0.2, 0.25) is 11.8 Å². The molecule has 1 aromatic carbocycles. The Kier molecular flexibility index (Phi) is 3.81. The molecule has 0 saturated heterocycles. The SMILES string of the molecule is CN1C(=O)C(C)(C)c2cc(CCNC(=O)CN)ccc21. The van der Waals surface area contributed by atoms with E-state index in [1.165, 1.54) is 0 Å². The molecule has 0 spiro atoms. The number of carbonyl (C=O) groups excluding carboxylic acids is 2. The zero-order valence-electron chi connectivity index (χ0n) is 12.2. The van der Waals surface area contributed by atoms with E-state index in [1.807, 2.05) is 26.0 Å². The zero-order valence-corrected chi connectivity index (χ0v) is 12.2. The monoisotopic (exact) mass is 275 g/mol. The standard InChI is InChI=1S/C15H21N3O2/c1-15(2)11-8-10(6-7-17-13(19)9-16)4-5-12(11)18(3)14(15)20/h4-5,8H,6-7,9,16H2,1-3H3,(H,17,19). The molecule has 2 amide bonds. The van der Waals surface area contributed by atoms with Gasteiger partial charge in [-0.3, -0.25) is 9.59 Å². The molecule has 0 saturated carbocycles. The summed E-state index contributed by atoms with van der Waals surface area (Å²) in [6.45, 7) is 4.45. The highest BCUT2D eigenvalue weighted by Crippen LogP contribution is 2.40. The third-order valence-electron chi connectivity index (χ3n) is 3.86. The smallest absolute Gasteiger partial charge is 0.236 e. The van der Waals surface area contributed by atoms with Gasteiger partial charge < -0.3 is 16.0 Å². The largest absolute Gasteiger partial charge is 0.355 e. The second kappa shape index (κ2) is 5.25. The van der Waals surface area contributed by atoms with E-state index in [9.17, 15) is 9.59 Å². The number of anilines is 1. The maximum Gasteiger partial charge on any atom is 0.236 e. The summed E-state index contributed by atoms with van der Waals surface area (Å²) in [6.07, 6.45) is 0.729. The minimum Gasteiger partial charge on any atom is -0.355 e. The average Bonchev–Trinajstić information content (AvgIpc) is 2.60. The quantitative estimate of drug-likeness (QED) is 0.843. The van der Waals surface area contributed by atoms with Crippen molar-refractivity contribution in [1.82, 2.24) is 5.32 Å². The molecule has 1 aliphatic rings. The van der Waals surface area contributed by atoms with Crippen LogP contribution in [0.4, 0.5) is 5.69 Å². The lowest BCUT2D eigenvalue weighted by Crippen LogP contribution is -2.33. The first kappa shape index (κ1) is 14.5. The summed E-state index contributed by atoms with van der Waals surface area (Å²) in [5.41, 5.74) is 7.88. The van der Waals surface area contributed by atoms with Gasteiger partial charge in [-0.05, 0) is 37.5 Å². The molecule has 1 heterocycles. The van der Waals surface area contributed by atoms with Crippen molar-refractivity contribution in [3.63, 3.8) is 0 Å². The molecule has 0 aromatic heterocycles. The van der Waals surface area contributed by atoms with Crippen LogP contribution >= 0.6 is 0 Å². The Bertz CT molecular complexity index is 552. The number of nitrogens with two attached hydrogens (primary N) is 1. The number of fused-ring (bicyclic) bond motifs is 1. The molecule has 5 nitrogen and oxygen atoms in total. The maximum absolute atomic E-state index is 12.2. The van der Waals surface area contributed by atoms with Gasteiger partial charge in [-0.1, -0.05) is 12.1 Å². The van der Waals surface area contributed by atoms with Crippen molar-refractivity contribution in [2.24, 2.45) is 5.73 Å². The molecule has 0 bridgehead atoms. The molecule has 2 rings (SSSR count). The normalized spacial score (nSPS) is 16.2. The van der Waals surface area contributed by atoms with E-state index in [2.05, 4.69) is 11.4 Å². The molecule has 108 valence electrons. The summed E-state index contributed by atoms with van der Waals surface area (Å²) in [5.74, 6) is -0.0394. The highest BCUT2D eigenvalue weighted by Gasteiger charge is 2.42. The van der Waals surface area contributed by atoms with Gasteiger partial charge in [-0.15, -0.1) is 0 Å². The molecular weight excluding hydrogens is 254 g/mol. The molecule has 0 fully saturated rings. The molecule has 1 aromatic rings. The third-order valence-corrected chi connectivity index (χ3v) is 3.86. The Balaban J connectivity index is 2.15. The van der Waals surface area contributed by atoms with Crippen LogP contribution in [-0.2, 0) is 21.4 Å². The second-order valence-corrected chi connectivity index (χ2v) is 5.64. The van der Waals surface area contributed by atoms with E-state index in [1.54, 1.807) is 11.9 Å². The Labute approximate surface area is 119 Å². The van der Waals surface area contributed by atoms with E-state index >= 15 is 0 Å². The van der Waals surface area contributed by atoms with Gasteiger partial charge >= 0.3 is 0 Å². The predicted molar refractivity (Wildman–Crippen MR) is 78.6 cm³/mol. The van der Waals surface area contributed by atoms with E-state index in [4.69, 9.17) is 5.73 Å². The first-order valence-electron chi connectivity index (χ1n) is 6.76. The van der Waals surface area contributed by atoms with Crippen LogP contribution in [0.1, 0.15) is 25.0 Å². The van der Waals surface area contributed by atoms with Crippen molar-refractivity contribution in [2.75, 3.05) is 25.0 Å². The summed E-state index contributed by atoms with van der Waals surface area (Å²) in [5, 5.41) is 2.75. The van der Waals surface area contributed by atoms with Gasteiger partial charge in [0.1, 0.15) is 0 Å². The first-order valence-corrected chi connectivity index (χ1v) is 6.76. The predicted octanol–water partition coefficient (Wildman–Crippen LogP) is 0.558. The van der Waals surface area contributed by atoms with E-state index in [0.29, 0.717) is 6.54 Å². The van der Waals surface area contributed by atoms with Gasteiger partial charge in [-0.25, -0.2) is 0 Å². The number of likely N-dealkylation sites (N-methyl/N-ethyl adjacent to an activating group) is 1. The van der Waals surface area contributed by atoms with Crippen LogP contribution in [0.25, 0.3) is 0 Å². The fourth-order valence-corrected chi connectivity index (χ4v) is 2.59. The second-order valence-electron chi connectivity index (χ2n) is 5.64. The van der Waals surface area contributed by atoms with Crippen LogP contribution in [0.15, 0.2) is 18.2 Å². The minimum atomic E-state index is -0.486. The van der Waals surface area contributed by atoms with Gasteiger partial charge in [0.05, 0.1) is 12.0 Å². The average molecular weight is 275 g/mol. The summed E-state index contributed by atoms with van der Waals surface area (Å²) in [7, 11) is 1.80. The number of benzene rings is 1. The van der Waals surface area contributed by atoms with Crippen LogP contribution < -0.4 is 16.0 Å². The molecule has 3 N–H and O–H groups in total. The fraction of sp³-hybridized carbons (Fsp3) is 0.467. The van der Waals surface area contributed by atoms with Crippen LogP contribution in [-0.4, -0.2) is 32.0 Å². The van der Waals surface area contributed by atoms with E-state index in [-0.39, 0.29) is 18.4 Å². The van der Waals surface area contributed by atoms with Gasteiger partial charge in [-0.2, -0.15) is 0 Å². The zero-order chi connectivity index (χ0) is 14.9. The molecule has 0 aliphatic carbocycles. The number of amides is 2. The van der Waals surface area contributed by atoms with Crippen molar-refractivity contribution in [3.05, 3.63) is 29.3 Å². The number of rotatable bonds is 4. The molecular formula is C15H21N3O2. The molecule has 0 unspecified atom stereocenters. The highest BCUT2D eigenvalue weighted by atomic mass is 16.2. The molecule has 1 aliphatic heterocycles. The lowest BCUT2D eigenvalue weighted by Gasteiger charge is -2.16. The van der Waals surface area contributed by atoms with Gasteiger partial charge in [0.25, 0.3) is 0 Å². The summed E-state index contributed by atoms with van der Waals surface area (Å²) < 4.78 is 0. The van der Waals surface area contributed by atoms with E-state index < -0.39 is 5.41 Å². The number of hydrogen-bond acceptors (Lipinski definition) is 3. The highest BCUT2D eigenvalue weighted by molar-refractivity contribution is 6.07. The lowest BCUT2D eigenvalue weighted by molar-refractivity contribution is -0.122. The number of hydrogen-bond donors (Lipinski definition) is 2. The third kappa shape index (κ3) is 2.41. The first-order chi connectivity index (χ1) is 9.37. The topological polar surface area (TPSA) is 75.4 Å². The van der Waals surface area contributed by atoms with Crippen LogP contribution in [0, 0.1) is 0 Å². The molecule has 0 atom stereocenters. The maximum atomic E-state index is 12.2. The summed E-state index contributed by atoms with van der Waals surface area (Å²) in [4.78, 5) is 25.0. The van der Waals surface area contributed by atoms with Crippen molar-refractivity contribution < 1.29 is 9.59 Å². The Hall–Kier alpha value is -1.88. The molecule has 5 heteroatoms. The van der Waals surface area contributed by atoms with Crippen molar-refractivity contribution in [1.29, 1.82) is 0 Å². The van der Waals surface area contributed by atoms with Crippen molar-refractivity contribution >= 4 is 17.5 Å². The van der Waals surface area contributed by atoms with Crippen molar-refractivity contribution in [2.45, 2.75) is 25.7 Å². The Morgan fingerprint density at radius 2 is 2.10 bits per heavy atom. The van der Waals surface area contributed by atoms with Gasteiger partial charge in [0.15, 0.2) is 0 Å². The molecule has 0 radical (unpaired) electrons. The molecule has 20 heavy (non-hydrogen) atoms. The summed E-state index contributed by atoms with van der Waals surface area (Å²) in [6, 6.07) is 6.03. The van der Waals surface area contributed by atoms with Crippen LogP contribution in [0.5, 0.6) is 0 Å². The summed E-state index contributed by atoms with van der Waals surface area (Å²) >= 11 is 0. The van der Waals surface area contributed by atoms with Crippen LogP contribution in [0.2, 0.25) is 0 Å². The fourth-order valence-electron chi connectivity index (χ4n) is 2.59. The number of carbonyl (C=O) groups is 2. The number of nitrogens with zero attached hydrogens (tertiary/aromatic N) is 1.